The predicted octanol–water partition coefficient (Wildman–Crippen LogP) is 2.10. The van der Waals surface area contributed by atoms with Gasteiger partial charge in [0, 0.05) is 17.0 Å². The summed E-state index contributed by atoms with van der Waals surface area (Å²) in [6, 6.07) is 4.10. The van der Waals surface area contributed by atoms with Crippen molar-refractivity contribution < 1.29 is 14.3 Å². The number of aliphatic hydroxyl groups is 1. The Balaban J connectivity index is 3.04. The maximum Gasteiger partial charge on any atom is 0.130 e. The third kappa shape index (κ3) is 2.26. The summed E-state index contributed by atoms with van der Waals surface area (Å²) in [5.74, 6) is -0.596. The number of halogens is 2. The minimum absolute atomic E-state index is 0.0173. The average Bonchev–Trinajstić information content (AvgIpc) is 2.04. The summed E-state index contributed by atoms with van der Waals surface area (Å²) >= 11 is 5.64. The first-order valence-electron chi connectivity index (χ1n) is 3.72. The largest absolute Gasteiger partial charge is 0.388 e. The summed E-state index contributed by atoms with van der Waals surface area (Å²) < 4.78 is 13.1. The Hall–Kier alpha value is -0.930. The second kappa shape index (κ2) is 4.35. The van der Waals surface area contributed by atoms with Gasteiger partial charge in [0.25, 0.3) is 0 Å². The lowest BCUT2D eigenvalue weighted by Crippen LogP contribution is -2.02. The molecule has 0 aliphatic carbocycles. The van der Waals surface area contributed by atoms with Gasteiger partial charge in [-0.2, -0.15) is 0 Å². The normalized spacial score (nSPS) is 12.5. The van der Waals surface area contributed by atoms with Gasteiger partial charge in [0.2, 0.25) is 0 Å². The van der Waals surface area contributed by atoms with Crippen LogP contribution in [0.25, 0.3) is 0 Å². The van der Waals surface area contributed by atoms with Gasteiger partial charge in [0.1, 0.15) is 12.1 Å². The highest BCUT2D eigenvalue weighted by molar-refractivity contribution is 6.31. The molecule has 1 rings (SSSR count). The highest BCUT2D eigenvalue weighted by Gasteiger charge is 2.15. The molecule has 0 saturated carbocycles. The number of aldehydes is 1. The van der Waals surface area contributed by atoms with Crippen molar-refractivity contribution in [2.75, 3.05) is 0 Å². The van der Waals surface area contributed by atoms with Crippen molar-refractivity contribution in [3.8, 4) is 0 Å². The minimum Gasteiger partial charge on any atom is -0.388 e. The SMILES string of the molecule is O=CCC(O)c1c(F)cccc1Cl. The number of carbonyl (C=O) groups is 1. The van der Waals surface area contributed by atoms with Crippen molar-refractivity contribution in [1.29, 1.82) is 0 Å². The Kier molecular flexibility index (Phi) is 3.39. The number of benzene rings is 1. The summed E-state index contributed by atoms with van der Waals surface area (Å²) in [5, 5.41) is 9.46. The van der Waals surface area contributed by atoms with Crippen LogP contribution in [0, 0.1) is 5.82 Å². The zero-order valence-electron chi connectivity index (χ0n) is 6.71. The van der Waals surface area contributed by atoms with Gasteiger partial charge in [-0.15, -0.1) is 0 Å². The molecule has 0 heterocycles. The van der Waals surface area contributed by atoms with Gasteiger partial charge in [-0.25, -0.2) is 4.39 Å². The summed E-state index contributed by atoms with van der Waals surface area (Å²) in [7, 11) is 0. The van der Waals surface area contributed by atoms with Gasteiger partial charge >= 0.3 is 0 Å². The Labute approximate surface area is 80.0 Å². The van der Waals surface area contributed by atoms with Gasteiger partial charge in [0.15, 0.2) is 0 Å². The van der Waals surface area contributed by atoms with E-state index in [1.807, 2.05) is 0 Å². The Morgan fingerprint density at radius 3 is 2.85 bits per heavy atom. The third-order valence-electron chi connectivity index (χ3n) is 1.65. The second-order valence-corrected chi connectivity index (χ2v) is 2.96. The Morgan fingerprint density at radius 2 is 2.31 bits per heavy atom. The van der Waals surface area contributed by atoms with Crippen molar-refractivity contribution in [3.05, 3.63) is 34.6 Å². The summed E-state index contributed by atoms with van der Waals surface area (Å²) in [6.45, 7) is 0. The first kappa shape index (κ1) is 10.2. The van der Waals surface area contributed by atoms with Gasteiger partial charge in [-0.3, -0.25) is 0 Å². The molecule has 70 valence electrons. The fraction of sp³-hybridized carbons (Fsp3) is 0.222. The molecule has 0 spiro atoms. The number of hydrogen-bond acceptors (Lipinski definition) is 2. The molecule has 0 aliphatic heterocycles. The molecular weight excluding hydrogens is 195 g/mol. The number of carbonyl (C=O) groups excluding carboxylic acids is 1. The summed E-state index contributed by atoms with van der Waals surface area (Å²) in [6.07, 6.45) is -0.792. The van der Waals surface area contributed by atoms with Crippen molar-refractivity contribution in [2.24, 2.45) is 0 Å². The lowest BCUT2D eigenvalue weighted by Gasteiger charge is -2.09. The lowest BCUT2D eigenvalue weighted by atomic mass is 10.1. The van der Waals surface area contributed by atoms with Crippen LogP contribution < -0.4 is 0 Å². The Morgan fingerprint density at radius 1 is 1.62 bits per heavy atom. The Bertz CT molecular complexity index is 294. The van der Waals surface area contributed by atoms with Crippen LogP contribution >= 0.6 is 11.6 Å². The third-order valence-corrected chi connectivity index (χ3v) is 1.98. The van der Waals surface area contributed by atoms with Gasteiger partial charge in [-0.05, 0) is 12.1 Å². The molecule has 0 aliphatic rings. The maximum absolute atomic E-state index is 13.1. The fourth-order valence-electron chi connectivity index (χ4n) is 1.04. The van der Waals surface area contributed by atoms with Crippen molar-refractivity contribution in [1.82, 2.24) is 0 Å². The van der Waals surface area contributed by atoms with Crippen molar-refractivity contribution >= 4 is 17.9 Å². The van der Waals surface area contributed by atoms with Gasteiger partial charge < -0.3 is 9.90 Å². The zero-order chi connectivity index (χ0) is 9.84. The molecule has 13 heavy (non-hydrogen) atoms. The molecule has 1 unspecified atom stereocenters. The van der Waals surface area contributed by atoms with Crippen LogP contribution in [0.15, 0.2) is 18.2 Å². The van der Waals surface area contributed by atoms with E-state index in [2.05, 4.69) is 0 Å². The standard InChI is InChI=1S/C9H8ClFO2/c10-6-2-1-3-7(11)9(6)8(13)4-5-12/h1-3,5,8,13H,4H2. The zero-order valence-corrected chi connectivity index (χ0v) is 7.46. The van der Waals surface area contributed by atoms with E-state index in [0.717, 1.165) is 0 Å². The summed E-state index contributed by atoms with van der Waals surface area (Å²) in [5.41, 5.74) is -0.0173. The van der Waals surface area contributed by atoms with E-state index in [4.69, 9.17) is 11.6 Å². The molecule has 1 aromatic carbocycles. The second-order valence-electron chi connectivity index (χ2n) is 2.55. The van der Waals surface area contributed by atoms with E-state index in [9.17, 15) is 14.3 Å². The van der Waals surface area contributed by atoms with Crippen LogP contribution in [0.3, 0.4) is 0 Å². The number of aliphatic hydroxyl groups excluding tert-OH is 1. The molecule has 0 bridgehead atoms. The van der Waals surface area contributed by atoms with E-state index in [1.165, 1.54) is 18.2 Å². The average molecular weight is 203 g/mol. The van der Waals surface area contributed by atoms with E-state index >= 15 is 0 Å². The van der Waals surface area contributed by atoms with E-state index in [0.29, 0.717) is 6.29 Å². The molecule has 1 aromatic rings. The van der Waals surface area contributed by atoms with Crippen LogP contribution in [0.1, 0.15) is 18.1 Å². The highest BCUT2D eigenvalue weighted by Crippen LogP contribution is 2.26. The monoisotopic (exact) mass is 202 g/mol. The van der Waals surface area contributed by atoms with Gasteiger partial charge in [-0.1, -0.05) is 17.7 Å². The lowest BCUT2D eigenvalue weighted by molar-refractivity contribution is -0.109. The van der Waals surface area contributed by atoms with E-state index in [-0.39, 0.29) is 17.0 Å². The molecule has 1 N–H and O–H groups in total. The molecule has 0 saturated heterocycles. The quantitative estimate of drug-likeness (QED) is 0.763. The van der Waals surface area contributed by atoms with Crippen molar-refractivity contribution in [2.45, 2.75) is 12.5 Å². The first-order chi connectivity index (χ1) is 6.16. The minimum atomic E-state index is -1.16. The fourth-order valence-corrected chi connectivity index (χ4v) is 1.33. The number of hydrogen-bond donors (Lipinski definition) is 1. The molecular formula is C9H8ClFO2. The molecule has 4 heteroatoms. The van der Waals surface area contributed by atoms with Crippen LogP contribution in [0.4, 0.5) is 4.39 Å². The maximum atomic E-state index is 13.1. The van der Waals surface area contributed by atoms with Crippen LogP contribution in [0.5, 0.6) is 0 Å². The van der Waals surface area contributed by atoms with Crippen LogP contribution in [-0.4, -0.2) is 11.4 Å². The topological polar surface area (TPSA) is 37.3 Å². The molecule has 0 fully saturated rings. The van der Waals surface area contributed by atoms with Crippen LogP contribution in [0.2, 0.25) is 5.02 Å². The van der Waals surface area contributed by atoms with E-state index < -0.39 is 11.9 Å². The van der Waals surface area contributed by atoms with Gasteiger partial charge in [0.05, 0.1) is 6.10 Å². The van der Waals surface area contributed by atoms with Crippen molar-refractivity contribution in [3.63, 3.8) is 0 Å². The smallest absolute Gasteiger partial charge is 0.130 e. The molecule has 0 radical (unpaired) electrons. The molecule has 1 atom stereocenters. The summed E-state index contributed by atoms with van der Waals surface area (Å²) in [4.78, 5) is 10.1. The molecule has 0 amide bonds. The van der Waals surface area contributed by atoms with Crippen LogP contribution in [-0.2, 0) is 4.79 Å². The number of rotatable bonds is 3. The van der Waals surface area contributed by atoms with E-state index in [1.54, 1.807) is 0 Å². The molecule has 2 nitrogen and oxygen atoms in total. The predicted molar refractivity (Wildman–Crippen MR) is 47.1 cm³/mol. The molecule has 0 aromatic heterocycles. The highest BCUT2D eigenvalue weighted by atomic mass is 35.5. The first-order valence-corrected chi connectivity index (χ1v) is 4.10.